The number of carboxylic acids is 1. The Morgan fingerprint density at radius 2 is 1.08 bits per heavy atom. The number of aromatic nitrogens is 6. The zero-order valence-corrected chi connectivity index (χ0v) is 42.0. The molecule has 0 fully saturated rings. The zero-order chi connectivity index (χ0) is 51.0. The van der Waals surface area contributed by atoms with E-state index in [1.807, 2.05) is 60.7 Å². The molecule has 0 bridgehead atoms. The van der Waals surface area contributed by atoms with Gasteiger partial charge in [-0.1, -0.05) is 83.9 Å². The molecule has 0 aliphatic carbocycles. The summed E-state index contributed by atoms with van der Waals surface area (Å²) in [5.74, 6) is -1.01. The average Bonchev–Trinajstić information content (AvgIpc) is 4.04. The first-order chi connectivity index (χ1) is 35.0. The van der Waals surface area contributed by atoms with Crippen molar-refractivity contribution in [3.63, 3.8) is 0 Å². The maximum atomic E-state index is 13.6. The topological polar surface area (TPSA) is 208 Å². The number of benzene rings is 4. The molecule has 0 saturated carbocycles. The van der Waals surface area contributed by atoms with Crippen molar-refractivity contribution >= 4 is 92.7 Å². The van der Waals surface area contributed by atoms with Crippen molar-refractivity contribution in [3.8, 4) is 43.7 Å². The van der Waals surface area contributed by atoms with E-state index in [-0.39, 0.29) is 33.4 Å². The fraction of sp³-hybridized carbons (Fsp3) is 0.200. The number of halogens is 4. The van der Waals surface area contributed by atoms with Crippen LogP contribution >= 0.6 is 45.9 Å². The molecule has 8 rings (SSSR count). The second kappa shape index (κ2) is 25.8. The minimum absolute atomic E-state index is 0.0118. The maximum absolute atomic E-state index is 13.6. The molecule has 4 heterocycles. The van der Waals surface area contributed by atoms with Gasteiger partial charge in [-0.3, -0.25) is 0 Å². The number of methoxy groups -OCH3 is 2. The van der Waals surface area contributed by atoms with E-state index >= 15 is 0 Å². The Hall–Kier alpha value is -7.20. The highest BCUT2D eigenvalue weighted by atomic mass is 35.5. The van der Waals surface area contributed by atoms with E-state index in [1.165, 1.54) is 41.7 Å². The van der Waals surface area contributed by atoms with E-state index in [9.17, 15) is 23.5 Å². The van der Waals surface area contributed by atoms with E-state index in [1.54, 1.807) is 39.6 Å². The van der Waals surface area contributed by atoms with Gasteiger partial charge in [-0.25, -0.2) is 38.3 Å². The number of carbonyl (C=O) groups excluding carboxylic acids is 1. The molecule has 0 saturated heterocycles. The highest BCUT2D eigenvalue weighted by Gasteiger charge is 2.25. The molecule has 0 unspecified atom stereocenters. The molecule has 72 heavy (non-hydrogen) atoms. The van der Waals surface area contributed by atoms with Gasteiger partial charge in [-0.15, -0.1) is 22.7 Å². The molecule has 0 atom stereocenters. The van der Waals surface area contributed by atoms with E-state index in [4.69, 9.17) is 42.4 Å². The number of aromatic carboxylic acids is 1. The molecule has 5 N–H and O–H groups in total. The summed E-state index contributed by atoms with van der Waals surface area (Å²) in [6, 6.07) is 27.1. The number of thiazole rings is 2. The van der Waals surface area contributed by atoms with Crippen LogP contribution in [0.4, 0.5) is 43.7 Å². The van der Waals surface area contributed by atoms with Crippen LogP contribution in [-0.4, -0.2) is 94.1 Å². The highest BCUT2D eigenvalue weighted by Crippen LogP contribution is 2.39. The summed E-state index contributed by atoms with van der Waals surface area (Å²) in [6.45, 7) is 4.30. The SMILES string of the molecule is CCOC(=O)c1sc(-c2cnc(Nc3ccc(F)c(Cl)c3)nc2NCCCOC)nc1-c1ccccc1.COCCCNc1nc(Nc2ccc(F)c(Cl)c2)ncc1-c1nc(-c2ccccc2)c(C(=O)O)s1. The molecule has 0 spiro atoms. The van der Waals surface area contributed by atoms with Crippen LogP contribution < -0.4 is 21.3 Å². The molecule has 0 amide bonds. The molecule has 16 nitrogen and oxygen atoms in total. The number of carboxylic acid groups (broad SMARTS) is 1. The Morgan fingerprint density at radius 3 is 1.50 bits per heavy atom. The summed E-state index contributed by atoms with van der Waals surface area (Å²) in [4.78, 5) is 52.6. The quantitative estimate of drug-likeness (QED) is 0.0335. The highest BCUT2D eigenvalue weighted by molar-refractivity contribution is 7.17. The fourth-order valence-electron chi connectivity index (χ4n) is 6.65. The van der Waals surface area contributed by atoms with Crippen LogP contribution in [0.15, 0.2) is 109 Å². The summed E-state index contributed by atoms with van der Waals surface area (Å²) in [6.07, 6.45) is 4.67. The van der Waals surface area contributed by atoms with Gasteiger partial charge in [-0.05, 0) is 56.2 Å². The lowest BCUT2D eigenvalue weighted by Crippen LogP contribution is -2.09. The molecule has 8 aromatic rings. The third-order valence-electron chi connectivity index (χ3n) is 10.0. The van der Waals surface area contributed by atoms with Gasteiger partial charge in [0.25, 0.3) is 0 Å². The van der Waals surface area contributed by atoms with Gasteiger partial charge < -0.3 is 40.6 Å². The van der Waals surface area contributed by atoms with Crippen molar-refractivity contribution in [1.82, 2.24) is 29.9 Å². The van der Waals surface area contributed by atoms with Gasteiger partial charge in [0, 0.05) is 75.4 Å². The van der Waals surface area contributed by atoms with Crippen LogP contribution in [0.2, 0.25) is 10.0 Å². The normalized spacial score (nSPS) is 10.8. The van der Waals surface area contributed by atoms with Crippen LogP contribution in [-0.2, 0) is 14.2 Å². The van der Waals surface area contributed by atoms with E-state index in [2.05, 4.69) is 46.2 Å². The van der Waals surface area contributed by atoms with Gasteiger partial charge in [0.1, 0.15) is 43.0 Å². The van der Waals surface area contributed by atoms with E-state index in [0.717, 1.165) is 29.7 Å². The Kier molecular flexibility index (Phi) is 18.8. The first-order valence-corrected chi connectivity index (χ1v) is 24.5. The number of ether oxygens (including phenoxy) is 3. The van der Waals surface area contributed by atoms with Crippen LogP contribution in [0, 0.1) is 11.6 Å². The van der Waals surface area contributed by atoms with Gasteiger partial charge in [0.15, 0.2) is 0 Å². The Bertz CT molecular complexity index is 3120. The van der Waals surface area contributed by atoms with Gasteiger partial charge in [0.05, 0.1) is 39.2 Å². The number of anilines is 6. The average molecular weight is 1060 g/mol. The third-order valence-corrected chi connectivity index (χ3v) is 12.8. The first-order valence-electron chi connectivity index (χ1n) is 22.1. The number of carbonyl (C=O) groups is 2. The van der Waals surface area contributed by atoms with Crippen molar-refractivity contribution in [1.29, 1.82) is 0 Å². The predicted molar refractivity (Wildman–Crippen MR) is 279 cm³/mol. The number of hydrogen-bond donors (Lipinski definition) is 5. The summed E-state index contributed by atoms with van der Waals surface area (Å²) in [7, 11) is 3.27. The summed E-state index contributed by atoms with van der Waals surface area (Å²) in [5.41, 5.74) is 4.65. The zero-order valence-electron chi connectivity index (χ0n) is 38.8. The van der Waals surface area contributed by atoms with E-state index in [0.29, 0.717) is 92.3 Å². The molecule has 4 aromatic heterocycles. The summed E-state index contributed by atoms with van der Waals surface area (Å²) >= 11 is 14.0. The van der Waals surface area contributed by atoms with Gasteiger partial charge in [-0.2, -0.15) is 9.97 Å². The number of nitrogens with zero attached hydrogens (tertiary/aromatic N) is 6. The summed E-state index contributed by atoms with van der Waals surface area (Å²) < 4.78 is 42.6. The molecule has 22 heteroatoms. The van der Waals surface area contributed by atoms with Gasteiger partial charge >= 0.3 is 11.9 Å². The predicted octanol–water partition coefficient (Wildman–Crippen LogP) is 12.4. The second-order valence-corrected chi connectivity index (χ2v) is 17.9. The molecule has 0 aliphatic heterocycles. The lowest BCUT2D eigenvalue weighted by atomic mass is 10.1. The summed E-state index contributed by atoms with van der Waals surface area (Å²) in [5, 5.41) is 23.4. The minimum Gasteiger partial charge on any atom is -0.477 e. The second-order valence-electron chi connectivity index (χ2n) is 15.1. The van der Waals surface area contributed by atoms with Crippen molar-refractivity contribution in [3.05, 3.63) is 141 Å². The Balaban J connectivity index is 0.000000212. The maximum Gasteiger partial charge on any atom is 0.350 e. The first kappa shape index (κ1) is 52.6. The van der Waals surface area contributed by atoms with Crippen molar-refractivity contribution in [2.24, 2.45) is 0 Å². The molecular formula is C50H46Cl2F2N10O6S2. The van der Waals surface area contributed by atoms with Crippen LogP contribution in [0.3, 0.4) is 0 Å². The largest absolute Gasteiger partial charge is 0.477 e. The molecule has 0 aliphatic rings. The van der Waals surface area contributed by atoms with Crippen molar-refractivity contribution in [2.45, 2.75) is 19.8 Å². The number of esters is 1. The van der Waals surface area contributed by atoms with Crippen molar-refractivity contribution in [2.75, 3.05) is 68.4 Å². The Morgan fingerprint density at radius 1 is 0.639 bits per heavy atom. The third kappa shape index (κ3) is 13.8. The number of hydrogen-bond acceptors (Lipinski definition) is 17. The smallest absolute Gasteiger partial charge is 0.350 e. The Labute approximate surface area is 430 Å². The minimum atomic E-state index is -1.06. The number of nitrogens with one attached hydrogen (secondary N) is 4. The van der Waals surface area contributed by atoms with Crippen molar-refractivity contribution < 1.29 is 37.7 Å². The lowest BCUT2D eigenvalue weighted by molar-refractivity contribution is 0.0532. The standard InChI is InChI=1S/C26H25ClFN5O3S.C24H21ClFN5O3S/c1-3-36-25(34)22-21(16-8-5-4-6-9-16)32-24(37-22)18-15-30-26(33-23(18)29-12-7-13-35-2)31-17-10-11-20(28)19(27)14-17;1-34-11-5-10-27-21-16(13-28-24(31-21)29-15-8-9-18(26)17(25)12-15)22-30-19(20(35-22)23(32)33)14-6-3-2-4-7-14/h4-6,8-11,14-15H,3,7,12-13H2,1-2H3,(H2,29,30,31,33);2-4,6-9,12-13H,5,10-11H2,1H3,(H,32,33)(H2,27,28,29,31). The lowest BCUT2D eigenvalue weighted by Gasteiger charge is -2.12. The van der Waals surface area contributed by atoms with Crippen LogP contribution in [0.1, 0.15) is 39.1 Å². The molecule has 0 radical (unpaired) electrons. The van der Waals surface area contributed by atoms with Crippen LogP contribution in [0.5, 0.6) is 0 Å². The van der Waals surface area contributed by atoms with Crippen LogP contribution in [0.25, 0.3) is 43.7 Å². The van der Waals surface area contributed by atoms with E-state index < -0.39 is 23.6 Å². The monoisotopic (exact) mass is 1050 g/mol. The molecular weight excluding hydrogens is 1010 g/mol. The molecule has 4 aromatic carbocycles. The van der Waals surface area contributed by atoms with Gasteiger partial charge in [0.2, 0.25) is 11.9 Å². The molecule has 372 valence electrons. The number of rotatable bonds is 21. The fourth-order valence-corrected chi connectivity index (χ4v) is 8.94.